The van der Waals surface area contributed by atoms with Crippen LogP contribution in [0.3, 0.4) is 0 Å². The lowest BCUT2D eigenvalue weighted by Crippen LogP contribution is -2.31. The fourth-order valence-corrected chi connectivity index (χ4v) is 1.62. The molecule has 18 heavy (non-hydrogen) atoms. The van der Waals surface area contributed by atoms with Crippen LogP contribution in [0.2, 0.25) is 0 Å². The molecule has 1 aromatic carbocycles. The topological polar surface area (TPSA) is 110 Å². The number of hydrogen-bond donors (Lipinski definition) is 4. The Balaban J connectivity index is 1.97. The van der Waals surface area contributed by atoms with Gasteiger partial charge >= 0.3 is 0 Å². The minimum absolute atomic E-state index is 0.0821. The number of anilines is 2. The van der Waals surface area contributed by atoms with Crippen LogP contribution in [0.1, 0.15) is 23.2 Å². The molecule has 6 nitrogen and oxygen atoms in total. The number of nitrogens with two attached hydrogens (primary N) is 2. The van der Waals surface area contributed by atoms with E-state index in [0.29, 0.717) is 11.7 Å². The summed E-state index contributed by atoms with van der Waals surface area (Å²) in [5.74, 6) is -0.667. The van der Waals surface area contributed by atoms with Gasteiger partial charge in [0.2, 0.25) is 5.91 Å². The van der Waals surface area contributed by atoms with E-state index in [9.17, 15) is 9.59 Å². The number of nitrogen functional groups attached to an aromatic ring is 1. The second-order valence-corrected chi connectivity index (χ2v) is 4.33. The van der Waals surface area contributed by atoms with Crippen molar-refractivity contribution >= 4 is 23.2 Å². The molecule has 6 heteroatoms. The summed E-state index contributed by atoms with van der Waals surface area (Å²) in [5, 5.41) is 5.74. The predicted molar refractivity (Wildman–Crippen MR) is 69.0 cm³/mol. The quantitative estimate of drug-likeness (QED) is 0.552. The first-order valence-electron chi connectivity index (χ1n) is 5.79. The van der Waals surface area contributed by atoms with Crippen LogP contribution in [-0.2, 0) is 4.79 Å². The first kappa shape index (κ1) is 12.2. The maximum Gasteiger partial charge on any atom is 0.250 e. The Labute approximate surface area is 105 Å². The molecule has 6 N–H and O–H groups in total. The number of benzene rings is 1. The van der Waals surface area contributed by atoms with Gasteiger partial charge < -0.3 is 22.1 Å². The number of rotatable bonds is 5. The van der Waals surface area contributed by atoms with Crippen LogP contribution in [0.15, 0.2) is 18.2 Å². The zero-order valence-corrected chi connectivity index (χ0v) is 9.90. The predicted octanol–water partition coefficient (Wildman–Crippen LogP) is 0.0582. The Morgan fingerprint density at radius 2 is 2.06 bits per heavy atom. The molecule has 0 heterocycles. The Kier molecular flexibility index (Phi) is 3.36. The summed E-state index contributed by atoms with van der Waals surface area (Å²) >= 11 is 0. The third kappa shape index (κ3) is 2.91. The van der Waals surface area contributed by atoms with Gasteiger partial charge in [0.05, 0.1) is 23.5 Å². The van der Waals surface area contributed by atoms with Crippen LogP contribution in [0.25, 0.3) is 0 Å². The van der Waals surface area contributed by atoms with E-state index in [1.807, 2.05) is 0 Å². The standard InChI is InChI=1S/C12H16N4O2/c13-11-8(12(14)18)2-1-3-9(11)15-6-10(17)16-7-4-5-7/h1-3,7,15H,4-6,13H2,(H2,14,18)(H,16,17). The summed E-state index contributed by atoms with van der Waals surface area (Å²) < 4.78 is 0. The van der Waals surface area contributed by atoms with Crippen LogP contribution in [0.4, 0.5) is 11.4 Å². The highest BCUT2D eigenvalue weighted by atomic mass is 16.2. The van der Waals surface area contributed by atoms with Gasteiger partial charge in [0.1, 0.15) is 0 Å². The van der Waals surface area contributed by atoms with E-state index in [0.717, 1.165) is 12.8 Å². The molecular formula is C12H16N4O2. The molecule has 0 spiro atoms. The molecule has 0 unspecified atom stereocenters. The number of carbonyl (C=O) groups excluding carboxylic acids is 2. The van der Waals surface area contributed by atoms with Gasteiger partial charge in [-0.15, -0.1) is 0 Å². The third-order valence-corrected chi connectivity index (χ3v) is 2.75. The molecule has 2 rings (SSSR count). The molecule has 1 saturated carbocycles. The van der Waals surface area contributed by atoms with Gasteiger partial charge in [-0.25, -0.2) is 0 Å². The number of para-hydroxylation sites is 1. The summed E-state index contributed by atoms with van der Waals surface area (Å²) in [6, 6.07) is 5.24. The minimum Gasteiger partial charge on any atom is -0.396 e. The maximum atomic E-state index is 11.5. The van der Waals surface area contributed by atoms with Crippen molar-refractivity contribution in [1.82, 2.24) is 5.32 Å². The summed E-state index contributed by atoms with van der Waals surface area (Å²) in [7, 11) is 0. The van der Waals surface area contributed by atoms with E-state index in [4.69, 9.17) is 11.5 Å². The van der Waals surface area contributed by atoms with E-state index in [2.05, 4.69) is 10.6 Å². The Morgan fingerprint density at radius 3 is 2.67 bits per heavy atom. The van der Waals surface area contributed by atoms with Crippen molar-refractivity contribution in [3.8, 4) is 0 Å². The van der Waals surface area contributed by atoms with Gasteiger partial charge in [-0.05, 0) is 25.0 Å². The lowest BCUT2D eigenvalue weighted by atomic mass is 10.1. The first-order chi connectivity index (χ1) is 8.58. The van der Waals surface area contributed by atoms with E-state index in [1.165, 1.54) is 0 Å². The first-order valence-corrected chi connectivity index (χ1v) is 5.79. The second kappa shape index (κ2) is 4.95. The summed E-state index contributed by atoms with van der Waals surface area (Å²) in [4.78, 5) is 22.6. The Morgan fingerprint density at radius 1 is 1.33 bits per heavy atom. The van der Waals surface area contributed by atoms with Crippen molar-refractivity contribution in [2.45, 2.75) is 18.9 Å². The highest BCUT2D eigenvalue weighted by Gasteiger charge is 2.23. The van der Waals surface area contributed by atoms with Crippen LogP contribution < -0.4 is 22.1 Å². The van der Waals surface area contributed by atoms with Crippen LogP contribution >= 0.6 is 0 Å². The fraction of sp³-hybridized carbons (Fsp3) is 0.333. The van der Waals surface area contributed by atoms with Crippen LogP contribution in [-0.4, -0.2) is 24.4 Å². The molecule has 0 bridgehead atoms. The van der Waals surface area contributed by atoms with Gasteiger partial charge in [-0.1, -0.05) is 6.07 Å². The molecule has 0 atom stereocenters. The normalized spacial score (nSPS) is 14.0. The molecule has 1 aromatic rings. The average Bonchev–Trinajstić information content (AvgIpc) is 3.11. The summed E-state index contributed by atoms with van der Waals surface area (Å²) in [6.45, 7) is 0.128. The SMILES string of the molecule is NC(=O)c1cccc(NCC(=O)NC2CC2)c1N. The molecule has 1 aliphatic rings. The number of hydrogen-bond acceptors (Lipinski definition) is 4. The lowest BCUT2D eigenvalue weighted by molar-refractivity contribution is -0.119. The molecule has 0 saturated heterocycles. The molecule has 0 radical (unpaired) electrons. The van der Waals surface area contributed by atoms with Crippen molar-refractivity contribution < 1.29 is 9.59 Å². The van der Waals surface area contributed by atoms with E-state index in [1.54, 1.807) is 18.2 Å². The number of carbonyl (C=O) groups is 2. The van der Waals surface area contributed by atoms with Crippen LogP contribution in [0.5, 0.6) is 0 Å². The molecule has 96 valence electrons. The second-order valence-electron chi connectivity index (χ2n) is 4.33. The third-order valence-electron chi connectivity index (χ3n) is 2.75. The highest BCUT2D eigenvalue weighted by molar-refractivity contribution is 6.01. The molecule has 1 aliphatic carbocycles. The maximum absolute atomic E-state index is 11.5. The largest absolute Gasteiger partial charge is 0.396 e. The number of nitrogens with one attached hydrogen (secondary N) is 2. The van der Waals surface area contributed by atoms with E-state index < -0.39 is 5.91 Å². The molecule has 1 fully saturated rings. The summed E-state index contributed by atoms with van der Waals surface area (Å²) in [6.07, 6.45) is 2.09. The van der Waals surface area contributed by atoms with Gasteiger partial charge in [-0.2, -0.15) is 0 Å². The molecular weight excluding hydrogens is 232 g/mol. The monoisotopic (exact) mass is 248 g/mol. The van der Waals surface area contributed by atoms with Gasteiger partial charge in [0, 0.05) is 6.04 Å². The highest BCUT2D eigenvalue weighted by Crippen LogP contribution is 2.22. The van der Waals surface area contributed by atoms with Gasteiger partial charge in [0.15, 0.2) is 0 Å². The summed E-state index contributed by atoms with van der Waals surface area (Å²) in [5.41, 5.74) is 12.0. The molecule has 0 aromatic heterocycles. The van der Waals surface area contributed by atoms with Crippen LogP contribution in [0, 0.1) is 0 Å². The van der Waals surface area contributed by atoms with Gasteiger partial charge in [-0.3, -0.25) is 9.59 Å². The number of amides is 2. The van der Waals surface area contributed by atoms with Crippen molar-refractivity contribution in [2.24, 2.45) is 5.73 Å². The Bertz CT molecular complexity index is 483. The zero-order valence-electron chi connectivity index (χ0n) is 9.90. The lowest BCUT2D eigenvalue weighted by Gasteiger charge is -2.11. The smallest absolute Gasteiger partial charge is 0.250 e. The van der Waals surface area contributed by atoms with Crippen molar-refractivity contribution in [3.63, 3.8) is 0 Å². The molecule has 0 aliphatic heterocycles. The fourth-order valence-electron chi connectivity index (χ4n) is 1.62. The zero-order chi connectivity index (χ0) is 13.1. The minimum atomic E-state index is -0.585. The average molecular weight is 248 g/mol. The van der Waals surface area contributed by atoms with Crippen molar-refractivity contribution in [1.29, 1.82) is 0 Å². The van der Waals surface area contributed by atoms with E-state index in [-0.39, 0.29) is 23.7 Å². The number of primary amides is 1. The molecule has 2 amide bonds. The van der Waals surface area contributed by atoms with Crippen molar-refractivity contribution in [2.75, 3.05) is 17.6 Å². The van der Waals surface area contributed by atoms with Gasteiger partial charge in [0.25, 0.3) is 5.91 Å². The Hall–Kier alpha value is -2.24. The van der Waals surface area contributed by atoms with E-state index >= 15 is 0 Å². The van der Waals surface area contributed by atoms with Crippen molar-refractivity contribution in [3.05, 3.63) is 23.8 Å².